The van der Waals surface area contributed by atoms with Gasteiger partial charge in [-0.3, -0.25) is 14.4 Å². The zero-order valence-corrected chi connectivity index (χ0v) is 24.6. The van der Waals surface area contributed by atoms with Crippen LogP contribution in [0.3, 0.4) is 0 Å². The Labute approximate surface area is 245 Å². The number of carbonyl (C=O) groups excluding carboxylic acids is 3. The lowest BCUT2D eigenvalue weighted by atomic mass is 9.70. The van der Waals surface area contributed by atoms with Gasteiger partial charge in [0.1, 0.15) is 17.4 Å². The van der Waals surface area contributed by atoms with E-state index in [0.29, 0.717) is 48.0 Å². The Balaban J connectivity index is 1.50. The molecule has 7 atom stereocenters. The van der Waals surface area contributed by atoms with Crippen LogP contribution >= 0.6 is 11.6 Å². The quantitative estimate of drug-likeness (QED) is 0.381. The summed E-state index contributed by atoms with van der Waals surface area (Å²) in [7, 11) is 0. The number of rotatable bonds is 10. The first-order valence-corrected chi connectivity index (χ1v) is 14.7. The number of anilines is 2. The van der Waals surface area contributed by atoms with Gasteiger partial charge >= 0.3 is 0 Å². The van der Waals surface area contributed by atoms with Gasteiger partial charge in [0.25, 0.3) is 0 Å². The molecule has 2 aromatic rings. The molecule has 41 heavy (non-hydrogen) atoms. The molecule has 3 fully saturated rings. The first-order valence-electron chi connectivity index (χ1n) is 14.4. The molecule has 220 valence electrons. The van der Waals surface area contributed by atoms with Crippen molar-refractivity contribution in [2.45, 2.75) is 70.7 Å². The maximum atomic E-state index is 14.3. The molecule has 0 aliphatic carbocycles. The number of benzene rings is 2. The first-order chi connectivity index (χ1) is 19.7. The van der Waals surface area contributed by atoms with Crippen LogP contribution in [0.4, 0.5) is 11.4 Å². The van der Waals surface area contributed by atoms with Gasteiger partial charge in [-0.1, -0.05) is 44.0 Å². The van der Waals surface area contributed by atoms with E-state index < -0.39 is 41.5 Å². The molecule has 2 bridgehead atoms. The summed E-state index contributed by atoms with van der Waals surface area (Å²) in [6.07, 6.45) is 1.19. The number of hydrogen-bond donors (Lipinski definition) is 3. The van der Waals surface area contributed by atoms with Gasteiger partial charge in [0.2, 0.25) is 17.7 Å². The zero-order valence-electron chi connectivity index (χ0n) is 23.9. The maximum Gasteiger partial charge on any atom is 0.250 e. The van der Waals surface area contributed by atoms with Crippen LogP contribution in [-0.4, -0.2) is 64.7 Å². The molecule has 3 amide bonds. The highest BCUT2D eigenvalue weighted by Crippen LogP contribution is 2.59. The van der Waals surface area contributed by atoms with E-state index >= 15 is 0 Å². The molecule has 2 unspecified atom stereocenters. The molecular weight excluding hydrogens is 546 g/mol. The number of fused-ring (bicyclic) bond motifs is 1. The van der Waals surface area contributed by atoms with Crippen LogP contribution in [-0.2, 0) is 19.1 Å². The summed E-state index contributed by atoms with van der Waals surface area (Å²) in [5, 5.41) is 16.8. The summed E-state index contributed by atoms with van der Waals surface area (Å²) in [5.74, 6) is -2.14. The molecule has 10 heteroatoms. The maximum absolute atomic E-state index is 14.3. The Morgan fingerprint density at radius 3 is 2.54 bits per heavy atom. The van der Waals surface area contributed by atoms with Gasteiger partial charge in [0.15, 0.2) is 0 Å². The van der Waals surface area contributed by atoms with Crippen LogP contribution < -0.4 is 15.4 Å². The highest BCUT2D eigenvalue weighted by molar-refractivity contribution is 6.34. The Morgan fingerprint density at radius 1 is 1.17 bits per heavy atom. The summed E-state index contributed by atoms with van der Waals surface area (Å²) in [5.41, 5.74) is 0.630. The number of likely N-dealkylation sites (tertiary alicyclic amines) is 1. The van der Waals surface area contributed by atoms with E-state index in [2.05, 4.69) is 10.6 Å². The molecule has 5 rings (SSSR count). The molecule has 2 aromatic carbocycles. The molecule has 0 aromatic heterocycles. The summed E-state index contributed by atoms with van der Waals surface area (Å²) < 4.78 is 12.0. The predicted octanol–water partition coefficient (Wildman–Crippen LogP) is 4.41. The van der Waals surface area contributed by atoms with Gasteiger partial charge in [-0.2, -0.15) is 0 Å². The Kier molecular flexibility index (Phi) is 8.32. The van der Waals surface area contributed by atoms with E-state index in [9.17, 15) is 19.5 Å². The van der Waals surface area contributed by atoms with Crippen molar-refractivity contribution in [3.05, 3.63) is 53.1 Å². The SMILES string of the molecule is CCOc1ccc(NC(=O)[C@@H]2[C@@H]3CCC4(O3)C(C(=O)Nc3c(C)cccc3Cl)N([C@@H](CO)[C@@H](C)CC)C(=O)[C@H]24)cc1. The molecular formula is C31H38ClN3O6. The molecule has 3 saturated heterocycles. The lowest BCUT2D eigenvalue weighted by molar-refractivity contribution is -0.144. The molecule has 3 N–H and O–H groups in total. The van der Waals surface area contributed by atoms with Gasteiger partial charge in [0, 0.05) is 5.69 Å². The average molecular weight is 584 g/mol. The lowest BCUT2D eigenvalue weighted by Crippen LogP contribution is -2.57. The monoisotopic (exact) mass is 583 g/mol. The molecule has 3 aliphatic rings. The van der Waals surface area contributed by atoms with Gasteiger partial charge in [-0.25, -0.2) is 0 Å². The molecule has 0 radical (unpaired) electrons. The summed E-state index contributed by atoms with van der Waals surface area (Å²) in [6, 6.07) is 10.7. The number of nitrogens with one attached hydrogen (secondary N) is 2. The van der Waals surface area contributed by atoms with E-state index in [1.807, 2.05) is 33.8 Å². The standard InChI is InChI=1S/C31H38ClN3O6/c1-5-17(3)22(16-36)35-27(29(38)34-26-18(4)8-7-9-21(26)32)31-15-14-23(41-31)24(25(31)30(35)39)28(37)33-19-10-12-20(13-11-19)40-6-2/h7-13,17,22-25,27,36H,5-6,14-16H2,1-4H3,(H,33,37)(H,34,38)/t17-,22-,23-,24+,25-,27?,31?/m0/s1. The summed E-state index contributed by atoms with van der Waals surface area (Å²) in [4.78, 5) is 43.7. The number of amides is 3. The third-order valence-electron chi connectivity index (χ3n) is 9.04. The van der Waals surface area contributed by atoms with Crippen molar-refractivity contribution in [1.29, 1.82) is 0 Å². The summed E-state index contributed by atoms with van der Waals surface area (Å²) in [6.45, 7) is 7.88. The second-order valence-corrected chi connectivity index (χ2v) is 11.7. The minimum absolute atomic E-state index is 0.0927. The smallest absolute Gasteiger partial charge is 0.250 e. The Morgan fingerprint density at radius 2 is 1.90 bits per heavy atom. The van der Waals surface area contributed by atoms with Crippen molar-refractivity contribution in [2.75, 3.05) is 23.8 Å². The van der Waals surface area contributed by atoms with Crippen molar-refractivity contribution in [2.24, 2.45) is 17.8 Å². The topological polar surface area (TPSA) is 117 Å². The second-order valence-electron chi connectivity index (χ2n) is 11.3. The fourth-order valence-corrected chi connectivity index (χ4v) is 7.14. The third-order valence-corrected chi connectivity index (χ3v) is 9.35. The second kappa shape index (κ2) is 11.6. The third kappa shape index (κ3) is 4.98. The fraction of sp³-hybridized carbons (Fsp3) is 0.516. The number of aliphatic hydroxyl groups is 1. The zero-order chi connectivity index (χ0) is 29.5. The average Bonchev–Trinajstić information content (AvgIpc) is 3.60. The number of aliphatic hydroxyl groups excluding tert-OH is 1. The molecule has 0 saturated carbocycles. The number of para-hydroxylation sites is 1. The van der Waals surface area contributed by atoms with Crippen LogP contribution in [0, 0.1) is 24.7 Å². The molecule has 1 spiro atoms. The fourth-order valence-electron chi connectivity index (χ4n) is 6.87. The normalized spacial score (nSPS) is 27.9. The minimum atomic E-state index is -1.19. The van der Waals surface area contributed by atoms with E-state index in [-0.39, 0.29) is 24.3 Å². The number of carbonyl (C=O) groups is 3. The molecule has 9 nitrogen and oxygen atoms in total. The van der Waals surface area contributed by atoms with Crippen molar-refractivity contribution < 1.29 is 29.0 Å². The first kappa shape index (κ1) is 29.4. The van der Waals surface area contributed by atoms with Crippen LogP contribution in [0.2, 0.25) is 5.02 Å². The van der Waals surface area contributed by atoms with Crippen molar-refractivity contribution in [3.8, 4) is 5.75 Å². The van der Waals surface area contributed by atoms with Gasteiger partial charge in [-0.15, -0.1) is 0 Å². The van der Waals surface area contributed by atoms with E-state index in [1.54, 1.807) is 36.4 Å². The lowest BCUT2D eigenvalue weighted by Gasteiger charge is -2.38. The molecule has 3 heterocycles. The Hall–Kier alpha value is -3.14. The van der Waals surface area contributed by atoms with Crippen molar-refractivity contribution >= 4 is 40.7 Å². The number of nitrogens with zero attached hydrogens (tertiary/aromatic N) is 1. The van der Waals surface area contributed by atoms with Crippen LogP contribution in [0.15, 0.2) is 42.5 Å². The van der Waals surface area contributed by atoms with Gasteiger partial charge in [-0.05, 0) is 68.5 Å². The number of aryl methyl sites for hydroxylation is 1. The number of hydrogen-bond acceptors (Lipinski definition) is 6. The van der Waals surface area contributed by atoms with Crippen molar-refractivity contribution in [1.82, 2.24) is 4.90 Å². The minimum Gasteiger partial charge on any atom is -0.494 e. The van der Waals surface area contributed by atoms with Crippen LogP contribution in [0.1, 0.15) is 45.6 Å². The van der Waals surface area contributed by atoms with E-state index in [0.717, 1.165) is 5.56 Å². The Bertz CT molecular complexity index is 1300. The molecule has 3 aliphatic heterocycles. The van der Waals surface area contributed by atoms with Gasteiger partial charge in [0.05, 0.1) is 47.9 Å². The van der Waals surface area contributed by atoms with Crippen LogP contribution in [0.5, 0.6) is 5.75 Å². The predicted molar refractivity (Wildman–Crippen MR) is 156 cm³/mol. The van der Waals surface area contributed by atoms with Crippen LogP contribution in [0.25, 0.3) is 0 Å². The number of ether oxygens (including phenoxy) is 2. The highest BCUT2D eigenvalue weighted by atomic mass is 35.5. The summed E-state index contributed by atoms with van der Waals surface area (Å²) >= 11 is 6.44. The van der Waals surface area contributed by atoms with E-state index in [4.69, 9.17) is 21.1 Å². The number of halogens is 1. The van der Waals surface area contributed by atoms with Crippen molar-refractivity contribution in [3.63, 3.8) is 0 Å². The highest BCUT2D eigenvalue weighted by Gasteiger charge is 2.75. The van der Waals surface area contributed by atoms with E-state index in [1.165, 1.54) is 4.90 Å². The largest absolute Gasteiger partial charge is 0.494 e. The van der Waals surface area contributed by atoms with Gasteiger partial charge < -0.3 is 30.1 Å².